The van der Waals surface area contributed by atoms with Gasteiger partial charge in [-0.1, -0.05) is 55.1 Å². The summed E-state index contributed by atoms with van der Waals surface area (Å²) in [5.74, 6) is 0.265. The Bertz CT molecular complexity index is 815. The molecule has 1 aliphatic rings. The molecule has 2 amide bonds. The lowest BCUT2D eigenvalue weighted by Crippen LogP contribution is -2.25. The summed E-state index contributed by atoms with van der Waals surface area (Å²) in [5.41, 5.74) is 2.75. The number of imide groups is 1. The van der Waals surface area contributed by atoms with Crippen molar-refractivity contribution in [3.8, 4) is 5.75 Å². The van der Waals surface area contributed by atoms with Crippen LogP contribution in [0.25, 0.3) is 0 Å². The van der Waals surface area contributed by atoms with Crippen LogP contribution in [0.15, 0.2) is 48.5 Å². The minimum atomic E-state index is -0.387. The van der Waals surface area contributed by atoms with Crippen molar-refractivity contribution in [3.05, 3.63) is 65.2 Å². The molecule has 0 bridgehead atoms. The van der Waals surface area contributed by atoms with Crippen LogP contribution in [0.1, 0.15) is 28.4 Å². The zero-order valence-corrected chi connectivity index (χ0v) is 15.2. The van der Waals surface area contributed by atoms with E-state index < -0.39 is 0 Å². The van der Waals surface area contributed by atoms with Crippen molar-refractivity contribution in [3.63, 3.8) is 0 Å². The van der Waals surface area contributed by atoms with Crippen molar-refractivity contribution in [2.24, 2.45) is 0 Å². The van der Waals surface area contributed by atoms with E-state index in [2.05, 4.69) is 12.2 Å². The molecule has 26 heavy (non-hydrogen) atoms. The molecule has 1 atom stereocenters. The van der Waals surface area contributed by atoms with Gasteiger partial charge in [-0.15, -0.1) is 0 Å². The van der Waals surface area contributed by atoms with Crippen molar-refractivity contribution in [2.75, 3.05) is 6.61 Å². The molecule has 1 saturated heterocycles. The fourth-order valence-corrected chi connectivity index (χ4v) is 3.48. The van der Waals surface area contributed by atoms with Gasteiger partial charge in [0.15, 0.2) is 12.4 Å². The van der Waals surface area contributed by atoms with Crippen LogP contribution in [0.3, 0.4) is 0 Å². The molecule has 2 aromatic carbocycles. The summed E-state index contributed by atoms with van der Waals surface area (Å²) < 4.78 is 5.55. The molecular formula is C20H19NO4S. The van der Waals surface area contributed by atoms with Gasteiger partial charge in [0.25, 0.3) is 5.24 Å². The number of thioether (sulfide) groups is 1. The van der Waals surface area contributed by atoms with E-state index >= 15 is 0 Å². The van der Waals surface area contributed by atoms with Gasteiger partial charge in [0, 0.05) is 5.56 Å². The third-order valence-electron chi connectivity index (χ3n) is 4.17. The second-order valence-corrected chi connectivity index (χ2v) is 7.17. The summed E-state index contributed by atoms with van der Waals surface area (Å²) in [6.07, 6.45) is 1.41. The fourth-order valence-electron chi connectivity index (χ4n) is 2.62. The Morgan fingerprint density at radius 2 is 1.69 bits per heavy atom. The Hall–Kier alpha value is -2.60. The maximum absolute atomic E-state index is 12.2. The molecule has 1 aliphatic heterocycles. The highest BCUT2D eigenvalue weighted by Crippen LogP contribution is 2.24. The molecular weight excluding hydrogens is 350 g/mol. The number of hydrogen-bond donors (Lipinski definition) is 1. The van der Waals surface area contributed by atoms with E-state index in [0.717, 1.165) is 23.7 Å². The average Bonchev–Trinajstić information content (AvgIpc) is 2.98. The van der Waals surface area contributed by atoms with E-state index in [9.17, 15) is 14.4 Å². The number of rotatable bonds is 7. The molecule has 5 nitrogen and oxygen atoms in total. The molecule has 6 heteroatoms. The number of Topliss-reactive ketones (excluding diaryl/α,β-unsaturated/α-hetero) is 1. The van der Waals surface area contributed by atoms with Crippen LogP contribution in [0.5, 0.6) is 5.75 Å². The Morgan fingerprint density at radius 1 is 1.04 bits per heavy atom. The Labute approximate surface area is 156 Å². The third-order valence-corrected chi connectivity index (χ3v) is 5.15. The van der Waals surface area contributed by atoms with E-state index in [0.29, 0.717) is 17.7 Å². The molecule has 3 rings (SSSR count). The summed E-state index contributed by atoms with van der Waals surface area (Å²) in [7, 11) is 0. The van der Waals surface area contributed by atoms with Gasteiger partial charge in [0.2, 0.25) is 5.91 Å². The number of carbonyl (C=O) groups excluding carboxylic acids is 3. The zero-order valence-electron chi connectivity index (χ0n) is 14.4. The summed E-state index contributed by atoms with van der Waals surface area (Å²) in [4.78, 5) is 35.0. The van der Waals surface area contributed by atoms with Gasteiger partial charge in [0.05, 0.1) is 5.25 Å². The van der Waals surface area contributed by atoms with E-state index in [-0.39, 0.29) is 28.8 Å². The zero-order chi connectivity index (χ0) is 18.5. The van der Waals surface area contributed by atoms with E-state index in [1.165, 1.54) is 5.56 Å². The summed E-state index contributed by atoms with van der Waals surface area (Å²) in [6, 6.07) is 14.7. The topological polar surface area (TPSA) is 72.5 Å². The smallest absolute Gasteiger partial charge is 0.286 e. The number of carbonyl (C=O) groups is 3. The molecule has 0 aromatic heterocycles. The second kappa shape index (κ2) is 8.19. The van der Waals surface area contributed by atoms with Crippen molar-refractivity contribution < 1.29 is 19.1 Å². The summed E-state index contributed by atoms with van der Waals surface area (Å²) >= 11 is 1.01. The van der Waals surface area contributed by atoms with Crippen molar-refractivity contribution in [1.82, 2.24) is 5.32 Å². The quantitative estimate of drug-likeness (QED) is 0.757. The Balaban J connectivity index is 1.53. The maximum Gasteiger partial charge on any atom is 0.286 e. The first-order chi connectivity index (χ1) is 12.5. The first kappa shape index (κ1) is 18.2. The van der Waals surface area contributed by atoms with E-state index in [4.69, 9.17) is 4.74 Å². The van der Waals surface area contributed by atoms with Gasteiger partial charge in [-0.2, -0.15) is 0 Å². The largest absolute Gasteiger partial charge is 0.485 e. The van der Waals surface area contributed by atoms with Crippen LogP contribution < -0.4 is 10.1 Å². The Kier molecular flexibility index (Phi) is 5.73. The number of hydrogen-bond acceptors (Lipinski definition) is 5. The number of aryl methyl sites for hydroxylation is 1. The highest BCUT2D eigenvalue weighted by atomic mass is 32.2. The number of ether oxygens (including phenoxy) is 1. The molecule has 0 radical (unpaired) electrons. The SMILES string of the molecule is CCc1ccc(C(=O)COc2ccc(CC3SC(=O)NC3=O)cc2)cc1. The van der Waals surface area contributed by atoms with E-state index in [1.807, 2.05) is 36.4 Å². The molecule has 0 spiro atoms. The van der Waals surface area contributed by atoms with Crippen molar-refractivity contribution in [1.29, 1.82) is 0 Å². The predicted molar refractivity (Wildman–Crippen MR) is 101 cm³/mol. The number of nitrogens with one attached hydrogen (secondary N) is 1. The fraction of sp³-hybridized carbons (Fsp3) is 0.250. The molecule has 1 unspecified atom stereocenters. The number of ketones is 1. The van der Waals surface area contributed by atoms with Gasteiger partial charge in [0.1, 0.15) is 5.75 Å². The normalized spacial score (nSPS) is 16.4. The van der Waals surface area contributed by atoms with Gasteiger partial charge in [-0.3, -0.25) is 19.7 Å². The molecule has 134 valence electrons. The lowest BCUT2D eigenvalue weighted by molar-refractivity contribution is -0.118. The van der Waals surface area contributed by atoms with Crippen LogP contribution in [-0.2, 0) is 17.6 Å². The summed E-state index contributed by atoms with van der Waals surface area (Å²) in [6.45, 7) is 2.04. The monoisotopic (exact) mass is 369 g/mol. The molecule has 0 aliphatic carbocycles. The van der Waals surface area contributed by atoms with Gasteiger partial charge >= 0.3 is 0 Å². The molecule has 2 aromatic rings. The molecule has 1 N–H and O–H groups in total. The lowest BCUT2D eigenvalue weighted by Gasteiger charge is -2.08. The first-order valence-corrected chi connectivity index (χ1v) is 9.28. The number of benzene rings is 2. The second-order valence-electron chi connectivity index (χ2n) is 5.99. The summed E-state index contributed by atoms with van der Waals surface area (Å²) in [5, 5.41) is 1.59. The lowest BCUT2D eigenvalue weighted by atomic mass is 10.1. The van der Waals surface area contributed by atoms with Crippen LogP contribution in [0.4, 0.5) is 4.79 Å². The van der Waals surface area contributed by atoms with Gasteiger partial charge in [-0.25, -0.2) is 0 Å². The number of amides is 2. The van der Waals surface area contributed by atoms with Crippen LogP contribution in [-0.4, -0.2) is 28.8 Å². The molecule has 0 saturated carbocycles. The van der Waals surface area contributed by atoms with Crippen molar-refractivity contribution >= 4 is 28.7 Å². The highest BCUT2D eigenvalue weighted by molar-refractivity contribution is 8.15. The first-order valence-electron chi connectivity index (χ1n) is 8.40. The standard InChI is InChI=1S/C20H19NO4S/c1-2-13-3-7-15(8-4-13)17(22)12-25-16-9-5-14(6-10-16)11-18-19(23)21-20(24)26-18/h3-10,18H,2,11-12H2,1H3,(H,21,23,24). The molecule has 1 fully saturated rings. The molecule has 1 heterocycles. The third kappa shape index (κ3) is 4.52. The van der Waals surface area contributed by atoms with Crippen LogP contribution in [0, 0.1) is 0 Å². The van der Waals surface area contributed by atoms with Crippen LogP contribution in [0.2, 0.25) is 0 Å². The average molecular weight is 369 g/mol. The predicted octanol–water partition coefficient (Wildman–Crippen LogP) is 3.40. The minimum Gasteiger partial charge on any atom is -0.485 e. The van der Waals surface area contributed by atoms with Crippen molar-refractivity contribution in [2.45, 2.75) is 25.0 Å². The van der Waals surface area contributed by atoms with Crippen LogP contribution >= 0.6 is 11.8 Å². The van der Waals surface area contributed by atoms with Gasteiger partial charge in [-0.05, 0) is 36.1 Å². The van der Waals surface area contributed by atoms with E-state index in [1.54, 1.807) is 12.1 Å². The highest BCUT2D eigenvalue weighted by Gasteiger charge is 2.31. The minimum absolute atomic E-state index is 0.0276. The Morgan fingerprint density at radius 3 is 2.27 bits per heavy atom. The van der Waals surface area contributed by atoms with Gasteiger partial charge < -0.3 is 4.74 Å². The maximum atomic E-state index is 12.2.